The molecule has 2 aromatic heterocycles. The van der Waals surface area contributed by atoms with E-state index in [2.05, 4.69) is 10.2 Å². The number of rotatable bonds is 3. The number of hydrogen-bond acceptors (Lipinski definition) is 4. The highest BCUT2D eigenvalue weighted by Crippen LogP contribution is 2.22. The fourth-order valence-corrected chi connectivity index (χ4v) is 2.40. The standard InChI is InChI=1S/C13H13N3O4/c17-12(16-5-1-3-10(16)13(18)19)9-7-8(14-15-9)11-4-2-6-20-11/h2,4,6-7,10H,1,3,5H2,(H,14,15)(H,18,19)/t10-/m0/s1. The normalized spacial score (nSPS) is 18.4. The molecule has 0 aromatic carbocycles. The highest BCUT2D eigenvalue weighted by atomic mass is 16.4. The van der Waals surface area contributed by atoms with E-state index in [0.29, 0.717) is 30.8 Å². The highest BCUT2D eigenvalue weighted by Gasteiger charge is 2.35. The van der Waals surface area contributed by atoms with Gasteiger partial charge in [-0.1, -0.05) is 0 Å². The molecular formula is C13H13N3O4. The largest absolute Gasteiger partial charge is 0.480 e. The van der Waals surface area contributed by atoms with Crippen molar-refractivity contribution in [2.75, 3.05) is 6.54 Å². The van der Waals surface area contributed by atoms with Crippen LogP contribution in [0.3, 0.4) is 0 Å². The van der Waals surface area contributed by atoms with Gasteiger partial charge in [0.25, 0.3) is 5.91 Å². The first kappa shape index (κ1) is 12.5. The number of likely N-dealkylation sites (tertiary alicyclic amines) is 1. The topological polar surface area (TPSA) is 99.4 Å². The van der Waals surface area contributed by atoms with E-state index in [0.717, 1.165) is 0 Å². The molecule has 1 aliphatic heterocycles. The molecule has 0 saturated carbocycles. The van der Waals surface area contributed by atoms with Gasteiger partial charge in [-0.05, 0) is 25.0 Å². The maximum Gasteiger partial charge on any atom is 0.326 e. The lowest BCUT2D eigenvalue weighted by Crippen LogP contribution is -2.40. The van der Waals surface area contributed by atoms with Crippen molar-refractivity contribution < 1.29 is 19.1 Å². The van der Waals surface area contributed by atoms with Gasteiger partial charge in [-0.3, -0.25) is 9.89 Å². The molecule has 7 nitrogen and oxygen atoms in total. The second-order valence-electron chi connectivity index (χ2n) is 4.64. The second kappa shape index (κ2) is 4.84. The van der Waals surface area contributed by atoms with E-state index in [1.165, 1.54) is 11.2 Å². The zero-order valence-electron chi connectivity index (χ0n) is 10.6. The lowest BCUT2D eigenvalue weighted by atomic mass is 10.2. The summed E-state index contributed by atoms with van der Waals surface area (Å²) in [7, 11) is 0. The van der Waals surface area contributed by atoms with E-state index in [1.807, 2.05) is 0 Å². The summed E-state index contributed by atoms with van der Waals surface area (Å²) >= 11 is 0. The summed E-state index contributed by atoms with van der Waals surface area (Å²) in [6.45, 7) is 0.443. The molecule has 1 fully saturated rings. The van der Waals surface area contributed by atoms with Gasteiger partial charge < -0.3 is 14.4 Å². The van der Waals surface area contributed by atoms with Gasteiger partial charge in [0.05, 0.1) is 6.26 Å². The molecule has 0 bridgehead atoms. The van der Waals surface area contributed by atoms with Gasteiger partial charge in [0, 0.05) is 12.6 Å². The Hall–Kier alpha value is -2.57. The molecule has 1 amide bonds. The first-order valence-electron chi connectivity index (χ1n) is 6.30. The van der Waals surface area contributed by atoms with E-state index in [9.17, 15) is 9.59 Å². The number of hydrogen-bond donors (Lipinski definition) is 2. The van der Waals surface area contributed by atoms with Crippen LogP contribution in [0.25, 0.3) is 11.5 Å². The number of nitrogens with one attached hydrogen (secondary N) is 1. The van der Waals surface area contributed by atoms with Crippen molar-refractivity contribution >= 4 is 11.9 Å². The number of H-pyrrole nitrogens is 1. The minimum atomic E-state index is -0.974. The molecule has 104 valence electrons. The van der Waals surface area contributed by atoms with Crippen molar-refractivity contribution in [2.45, 2.75) is 18.9 Å². The molecule has 0 spiro atoms. The van der Waals surface area contributed by atoms with E-state index >= 15 is 0 Å². The maximum atomic E-state index is 12.3. The fourth-order valence-electron chi connectivity index (χ4n) is 2.40. The predicted octanol–water partition coefficient (Wildman–Crippen LogP) is 1.36. The van der Waals surface area contributed by atoms with Crippen LogP contribution in [-0.2, 0) is 4.79 Å². The molecule has 20 heavy (non-hydrogen) atoms. The zero-order valence-corrected chi connectivity index (χ0v) is 10.6. The third-order valence-electron chi connectivity index (χ3n) is 3.38. The first-order valence-corrected chi connectivity index (χ1v) is 6.30. The molecule has 0 unspecified atom stereocenters. The zero-order chi connectivity index (χ0) is 14.1. The molecule has 0 radical (unpaired) electrons. The number of furan rings is 1. The number of aromatic nitrogens is 2. The molecule has 1 aliphatic rings. The second-order valence-corrected chi connectivity index (χ2v) is 4.64. The molecule has 3 heterocycles. The minimum Gasteiger partial charge on any atom is -0.480 e. The van der Waals surface area contributed by atoms with Gasteiger partial charge in [-0.25, -0.2) is 4.79 Å². The van der Waals surface area contributed by atoms with Gasteiger partial charge >= 0.3 is 5.97 Å². The number of carboxylic acids is 1. The number of carboxylic acid groups (broad SMARTS) is 1. The summed E-state index contributed by atoms with van der Waals surface area (Å²) in [6, 6.07) is 4.29. The van der Waals surface area contributed by atoms with Crippen LogP contribution in [0.5, 0.6) is 0 Å². The Balaban J connectivity index is 1.83. The number of amides is 1. The van der Waals surface area contributed by atoms with Crippen LogP contribution >= 0.6 is 0 Å². The molecule has 2 N–H and O–H groups in total. The molecular weight excluding hydrogens is 262 g/mol. The minimum absolute atomic E-state index is 0.199. The van der Waals surface area contributed by atoms with Gasteiger partial charge in [0.15, 0.2) is 11.5 Å². The van der Waals surface area contributed by atoms with E-state index in [1.54, 1.807) is 18.2 Å². The third kappa shape index (κ3) is 2.07. The predicted molar refractivity (Wildman–Crippen MR) is 68.0 cm³/mol. The molecule has 2 aromatic rings. The van der Waals surface area contributed by atoms with Crippen molar-refractivity contribution in [3.05, 3.63) is 30.2 Å². The average Bonchev–Trinajstić information content (AvgIpc) is 3.17. The third-order valence-corrected chi connectivity index (χ3v) is 3.38. The lowest BCUT2D eigenvalue weighted by molar-refractivity contribution is -0.141. The van der Waals surface area contributed by atoms with E-state index in [4.69, 9.17) is 9.52 Å². The van der Waals surface area contributed by atoms with Crippen molar-refractivity contribution in [1.29, 1.82) is 0 Å². The van der Waals surface area contributed by atoms with Crippen molar-refractivity contribution in [3.63, 3.8) is 0 Å². The molecule has 3 rings (SSSR count). The average molecular weight is 275 g/mol. The van der Waals surface area contributed by atoms with Crippen LogP contribution in [0.15, 0.2) is 28.9 Å². The summed E-state index contributed by atoms with van der Waals surface area (Å²) in [6.07, 6.45) is 2.70. The monoisotopic (exact) mass is 275 g/mol. The number of nitrogens with zero attached hydrogens (tertiary/aromatic N) is 2. The van der Waals surface area contributed by atoms with Gasteiger partial charge in [-0.15, -0.1) is 0 Å². The van der Waals surface area contributed by atoms with Crippen LogP contribution in [-0.4, -0.2) is 44.7 Å². The number of aliphatic carboxylic acids is 1. The summed E-state index contributed by atoms with van der Waals surface area (Å²) in [5.41, 5.74) is 0.786. The SMILES string of the molecule is O=C(O)[C@@H]1CCCN1C(=O)c1cc(-c2ccco2)[nH]n1. The van der Waals surface area contributed by atoms with Crippen LogP contribution in [0.4, 0.5) is 0 Å². The number of aromatic amines is 1. The van der Waals surface area contributed by atoms with Crippen molar-refractivity contribution in [2.24, 2.45) is 0 Å². The Morgan fingerprint density at radius 1 is 1.50 bits per heavy atom. The van der Waals surface area contributed by atoms with Gasteiger partial charge in [0.1, 0.15) is 11.7 Å². The Morgan fingerprint density at radius 3 is 3.05 bits per heavy atom. The maximum absolute atomic E-state index is 12.3. The fraction of sp³-hybridized carbons (Fsp3) is 0.308. The highest BCUT2D eigenvalue weighted by molar-refractivity contribution is 5.96. The van der Waals surface area contributed by atoms with Crippen LogP contribution in [0.2, 0.25) is 0 Å². The number of carbonyl (C=O) groups excluding carboxylic acids is 1. The van der Waals surface area contributed by atoms with Crippen molar-refractivity contribution in [3.8, 4) is 11.5 Å². The Labute approximate surface area is 114 Å². The molecule has 1 atom stereocenters. The summed E-state index contributed by atoms with van der Waals surface area (Å²) in [5.74, 6) is -0.769. The van der Waals surface area contributed by atoms with Crippen LogP contribution in [0, 0.1) is 0 Å². The molecule has 7 heteroatoms. The Morgan fingerprint density at radius 2 is 2.35 bits per heavy atom. The summed E-state index contributed by atoms with van der Waals surface area (Å²) in [5, 5.41) is 15.8. The first-order chi connectivity index (χ1) is 9.66. The Kier molecular flexibility index (Phi) is 3.02. The number of carbonyl (C=O) groups is 2. The van der Waals surface area contributed by atoms with Gasteiger partial charge in [-0.2, -0.15) is 5.10 Å². The van der Waals surface area contributed by atoms with Gasteiger partial charge in [0.2, 0.25) is 0 Å². The van der Waals surface area contributed by atoms with Crippen molar-refractivity contribution in [1.82, 2.24) is 15.1 Å². The van der Waals surface area contributed by atoms with E-state index < -0.39 is 12.0 Å². The smallest absolute Gasteiger partial charge is 0.326 e. The summed E-state index contributed by atoms with van der Waals surface area (Å²) in [4.78, 5) is 24.7. The van der Waals surface area contributed by atoms with E-state index in [-0.39, 0.29) is 11.6 Å². The molecule has 0 aliphatic carbocycles. The van der Waals surface area contributed by atoms with Crippen LogP contribution < -0.4 is 0 Å². The molecule has 1 saturated heterocycles. The quantitative estimate of drug-likeness (QED) is 0.881. The lowest BCUT2D eigenvalue weighted by Gasteiger charge is -2.19. The summed E-state index contributed by atoms with van der Waals surface area (Å²) < 4.78 is 5.21. The Bertz CT molecular complexity index is 632. The van der Waals surface area contributed by atoms with Crippen LogP contribution in [0.1, 0.15) is 23.3 Å².